The first-order valence-corrected chi connectivity index (χ1v) is 11.2. The smallest absolute Gasteiger partial charge is 0.341 e. The van der Waals surface area contributed by atoms with Gasteiger partial charge in [-0.25, -0.2) is 14.8 Å². The number of esters is 1. The van der Waals surface area contributed by atoms with Crippen LogP contribution in [-0.2, 0) is 4.74 Å². The normalized spacial score (nSPS) is 19.2. The average Bonchev–Trinajstić information content (AvgIpc) is 2.99. The van der Waals surface area contributed by atoms with Gasteiger partial charge in [-0.15, -0.1) is 11.3 Å². The number of methoxy groups -OCH3 is 1. The zero-order valence-electron chi connectivity index (χ0n) is 18.2. The van der Waals surface area contributed by atoms with Gasteiger partial charge < -0.3 is 15.0 Å². The number of carbonyl (C=O) groups is 1. The number of piperidine rings is 1. The minimum atomic E-state index is -0.338. The number of fused-ring (bicyclic) bond motifs is 1. The Morgan fingerprint density at radius 1 is 1.13 bits per heavy atom. The number of aromatic nitrogens is 2. The fourth-order valence-electron chi connectivity index (χ4n) is 4.30. The summed E-state index contributed by atoms with van der Waals surface area (Å²) in [5.74, 6) is 2.36. The average molecular weight is 425 g/mol. The first kappa shape index (κ1) is 20.6. The van der Waals surface area contributed by atoms with Crippen molar-refractivity contribution in [3.05, 3.63) is 40.3 Å². The molecule has 0 radical (unpaired) electrons. The number of carbonyl (C=O) groups excluding carboxylic acids is 1. The molecule has 4 rings (SSSR count). The van der Waals surface area contributed by atoms with E-state index in [9.17, 15) is 4.79 Å². The maximum absolute atomic E-state index is 12.4. The molecule has 1 N–H and O–H groups in total. The highest BCUT2D eigenvalue weighted by molar-refractivity contribution is 7.16. The van der Waals surface area contributed by atoms with Gasteiger partial charge in [0, 0.05) is 18.0 Å². The van der Waals surface area contributed by atoms with Gasteiger partial charge in [-0.05, 0) is 49.8 Å². The van der Waals surface area contributed by atoms with Crippen LogP contribution in [0.3, 0.4) is 0 Å². The molecule has 0 saturated carbocycles. The minimum absolute atomic E-state index is 0.338. The number of aryl methyl sites for hydroxylation is 1. The molecular formula is C23H28N4O2S. The van der Waals surface area contributed by atoms with Crippen molar-refractivity contribution in [2.45, 2.75) is 34.1 Å². The number of para-hydroxylation sites is 2. The van der Waals surface area contributed by atoms with Crippen LogP contribution in [0, 0.1) is 25.7 Å². The highest BCUT2D eigenvalue weighted by Crippen LogP contribution is 2.38. The number of thiophene rings is 1. The van der Waals surface area contributed by atoms with Crippen molar-refractivity contribution in [1.82, 2.24) is 9.97 Å². The number of rotatable bonds is 4. The number of hydrogen-bond donors (Lipinski definition) is 1. The Hall–Kier alpha value is -2.67. The van der Waals surface area contributed by atoms with Crippen LogP contribution in [0.15, 0.2) is 24.3 Å². The molecule has 3 aromatic rings. The highest BCUT2D eigenvalue weighted by atomic mass is 32.1. The van der Waals surface area contributed by atoms with Crippen molar-refractivity contribution in [3.8, 4) is 0 Å². The van der Waals surface area contributed by atoms with E-state index >= 15 is 0 Å². The Kier molecular flexibility index (Phi) is 5.64. The van der Waals surface area contributed by atoms with E-state index in [2.05, 4.69) is 24.1 Å². The zero-order chi connectivity index (χ0) is 21.4. The van der Waals surface area contributed by atoms with Crippen LogP contribution in [0.25, 0.3) is 11.0 Å². The Labute approximate surface area is 181 Å². The van der Waals surface area contributed by atoms with E-state index in [0.29, 0.717) is 23.2 Å². The third kappa shape index (κ3) is 3.86. The van der Waals surface area contributed by atoms with Crippen LogP contribution in [0.5, 0.6) is 0 Å². The van der Waals surface area contributed by atoms with Crippen molar-refractivity contribution in [1.29, 1.82) is 0 Å². The SMILES string of the molecule is COC(=O)c1c(Nc2nc3ccccc3nc2N2CC(C)CC(C)C2)sc(C)c1C. The number of ether oxygens (including phenoxy) is 1. The van der Waals surface area contributed by atoms with Gasteiger partial charge >= 0.3 is 5.97 Å². The number of anilines is 3. The first-order valence-electron chi connectivity index (χ1n) is 10.3. The van der Waals surface area contributed by atoms with Gasteiger partial charge in [-0.3, -0.25) is 0 Å². The van der Waals surface area contributed by atoms with Crippen molar-refractivity contribution in [3.63, 3.8) is 0 Å². The topological polar surface area (TPSA) is 67.3 Å². The second-order valence-electron chi connectivity index (χ2n) is 8.34. The van der Waals surface area contributed by atoms with Gasteiger partial charge in [0.15, 0.2) is 11.6 Å². The van der Waals surface area contributed by atoms with E-state index in [-0.39, 0.29) is 5.97 Å². The molecule has 0 bridgehead atoms. The molecule has 1 aromatic carbocycles. The van der Waals surface area contributed by atoms with E-state index in [1.807, 2.05) is 38.1 Å². The summed E-state index contributed by atoms with van der Waals surface area (Å²) in [7, 11) is 1.41. The Bertz CT molecular complexity index is 1080. The lowest BCUT2D eigenvalue weighted by molar-refractivity contribution is 0.0601. The molecule has 30 heavy (non-hydrogen) atoms. The Morgan fingerprint density at radius 2 is 1.77 bits per heavy atom. The maximum atomic E-state index is 12.4. The van der Waals surface area contributed by atoms with Crippen LogP contribution < -0.4 is 10.2 Å². The fraction of sp³-hybridized carbons (Fsp3) is 0.435. The van der Waals surface area contributed by atoms with E-state index in [0.717, 1.165) is 45.4 Å². The molecule has 158 valence electrons. The molecule has 0 spiro atoms. The predicted octanol–water partition coefficient (Wildman–Crippen LogP) is 5.32. The summed E-state index contributed by atoms with van der Waals surface area (Å²) < 4.78 is 5.04. The number of benzene rings is 1. The summed E-state index contributed by atoms with van der Waals surface area (Å²) in [6, 6.07) is 7.90. The third-order valence-electron chi connectivity index (χ3n) is 5.73. The predicted molar refractivity (Wildman–Crippen MR) is 123 cm³/mol. The quantitative estimate of drug-likeness (QED) is 0.572. The lowest BCUT2D eigenvalue weighted by atomic mass is 9.92. The third-order valence-corrected chi connectivity index (χ3v) is 6.85. The summed E-state index contributed by atoms with van der Waals surface area (Å²) in [4.78, 5) is 25.7. The number of hydrogen-bond acceptors (Lipinski definition) is 7. The lowest BCUT2D eigenvalue weighted by Crippen LogP contribution is -2.39. The molecule has 0 amide bonds. The van der Waals surface area contributed by atoms with Gasteiger partial charge in [0.05, 0.1) is 23.7 Å². The summed E-state index contributed by atoms with van der Waals surface area (Å²) >= 11 is 1.54. The second-order valence-corrected chi connectivity index (χ2v) is 9.56. The molecule has 1 aliphatic heterocycles. The summed E-state index contributed by atoms with van der Waals surface area (Å²) in [5, 5.41) is 4.19. The summed E-state index contributed by atoms with van der Waals surface area (Å²) in [6.07, 6.45) is 1.22. The second kappa shape index (κ2) is 8.22. The van der Waals surface area contributed by atoms with Crippen LogP contribution in [0.4, 0.5) is 16.6 Å². The largest absolute Gasteiger partial charge is 0.465 e. The van der Waals surface area contributed by atoms with Gasteiger partial charge in [-0.1, -0.05) is 26.0 Å². The van der Waals surface area contributed by atoms with Gasteiger partial charge in [0.25, 0.3) is 0 Å². The molecule has 1 aliphatic rings. The number of nitrogens with zero attached hydrogens (tertiary/aromatic N) is 3. The maximum Gasteiger partial charge on any atom is 0.341 e. The molecular weight excluding hydrogens is 396 g/mol. The Morgan fingerprint density at radius 3 is 2.40 bits per heavy atom. The molecule has 3 heterocycles. The van der Waals surface area contributed by atoms with E-state index in [1.165, 1.54) is 13.5 Å². The van der Waals surface area contributed by atoms with Crippen LogP contribution in [0.2, 0.25) is 0 Å². The van der Waals surface area contributed by atoms with E-state index in [1.54, 1.807) is 11.3 Å². The van der Waals surface area contributed by atoms with Crippen molar-refractivity contribution < 1.29 is 9.53 Å². The van der Waals surface area contributed by atoms with Crippen molar-refractivity contribution in [2.24, 2.45) is 11.8 Å². The molecule has 1 fully saturated rings. The molecule has 2 aromatic heterocycles. The number of nitrogens with one attached hydrogen (secondary N) is 1. The van der Waals surface area contributed by atoms with Crippen LogP contribution in [0.1, 0.15) is 41.1 Å². The van der Waals surface area contributed by atoms with Crippen LogP contribution >= 0.6 is 11.3 Å². The van der Waals surface area contributed by atoms with Crippen LogP contribution in [-0.4, -0.2) is 36.1 Å². The van der Waals surface area contributed by atoms with E-state index < -0.39 is 0 Å². The van der Waals surface area contributed by atoms with Gasteiger partial charge in [-0.2, -0.15) is 0 Å². The summed E-state index contributed by atoms with van der Waals surface area (Å²) in [6.45, 7) is 10.4. The lowest BCUT2D eigenvalue weighted by Gasteiger charge is -2.36. The molecule has 7 heteroatoms. The minimum Gasteiger partial charge on any atom is -0.465 e. The molecule has 6 nitrogen and oxygen atoms in total. The molecule has 2 unspecified atom stereocenters. The fourth-order valence-corrected chi connectivity index (χ4v) is 5.35. The standard InChI is InChI=1S/C23H28N4O2S/c1-13-10-14(2)12-27(11-13)21-20(24-17-8-6-7-9-18(17)25-21)26-22-19(23(28)29-5)15(3)16(4)30-22/h6-9,13-14H,10-12H2,1-5H3,(H,24,26). The molecule has 0 aliphatic carbocycles. The van der Waals surface area contributed by atoms with Crippen molar-refractivity contribution >= 4 is 45.0 Å². The Balaban J connectivity index is 1.82. The molecule has 2 atom stereocenters. The molecule has 1 saturated heterocycles. The van der Waals surface area contributed by atoms with E-state index in [4.69, 9.17) is 14.7 Å². The van der Waals surface area contributed by atoms with Gasteiger partial charge in [0.1, 0.15) is 5.00 Å². The highest BCUT2D eigenvalue weighted by Gasteiger charge is 2.27. The monoisotopic (exact) mass is 424 g/mol. The van der Waals surface area contributed by atoms with Gasteiger partial charge in [0.2, 0.25) is 0 Å². The summed E-state index contributed by atoms with van der Waals surface area (Å²) in [5.41, 5.74) is 3.20. The van der Waals surface area contributed by atoms with Crippen molar-refractivity contribution in [2.75, 3.05) is 30.4 Å². The first-order chi connectivity index (χ1) is 14.4. The zero-order valence-corrected chi connectivity index (χ0v) is 19.0.